The predicted molar refractivity (Wildman–Crippen MR) is 70.3 cm³/mol. The summed E-state index contributed by atoms with van der Waals surface area (Å²) < 4.78 is 0. The Bertz CT molecular complexity index is 569. The van der Waals surface area contributed by atoms with Gasteiger partial charge < -0.3 is 5.32 Å². The summed E-state index contributed by atoms with van der Waals surface area (Å²) in [5.74, 6) is -0.551. The van der Waals surface area contributed by atoms with Crippen LogP contribution in [0.2, 0.25) is 10.0 Å². The first-order valence-corrected chi connectivity index (χ1v) is 5.93. The maximum Gasteiger partial charge on any atom is 0.290 e. The molecule has 1 amide bonds. The number of carbonyl (C=O) groups excluding carboxylic acids is 1. The number of nitrogens with zero attached hydrogens (tertiary/aromatic N) is 2. The minimum Gasteiger partial charge on any atom is -0.349 e. The van der Waals surface area contributed by atoms with Gasteiger partial charge in [0, 0.05) is 17.7 Å². The van der Waals surface area contributed by atoms with E-state index in [2.05, 4.69) is 5.32 Å². The highest BCUT2D eigenvalue weighted by atomic mass is 35.5. The topological polar surface area (TPSA) is 96.0 Å². The molecule has 19 heavy (non-hydrogen) atoms. The summed E-state index contributed by atoms with van der Waals surface area (Å²) >= 11 is 11.4. The third kappa shape index (κ3) is 3.81. The van der Waals surface area contributed by atoms with E-state index in [0.717, 1.165) is 6.07 Å². The van der Waals surface area contributed by atoms with Crippen LogP contribution in [0.15, 0.2) is 12.1 Å². The van der Waals surface area contributed by atoms with E-state index in [4.69, 9.17) is 28.5 Å². The molecule has 0 spiro atoms. The lowest BCUT2D eigenvalue weighted by Crippen LogP contribution is -2.32. The van der Waals surface area contributed by atoms with Gasteiger partial charge in [0.15, 0.2) is 0 Å². The molecule has 0 saturated carbocycles. The Hall–Kier alpha value is -1.84. The Morgan fingerprint density at radius 1 is 1.58 bits per heavy atom. The Labute approximate surface area is 119 Å². The number of halogens is 2. The van der Waals surface area contributed by atoms with Crippen molar-refractivity contribution in [2.24, 2.45) is 0 Å². The number of benzene rings is 1. The molecule has 0 fully saturated rings. The minimum absolute atomic E-state index is 0.0193. The Balaban J connectivity index is 3.05. The molecule has 0 heterocycles. The molecule has 1 aromatic carbocycles. The van der Waals surface area contributed by atoms with Gasteiger partial charge >= 0.3 is 0 Å². The Kier molecular flexibility index (Phi) is 5.10. The summed E-state index contributed by atoms with van der Waals surface area (Å²) in [6.45, 7) is 1.65. The van der Waals surface area contributed by atoms with E-state index in [1.165, 1.54) is 6.07 Å². The van der Waals surface area contributed by atoms with Crippen molar-refractivity contribution in [2.45, 2.75) is 19.4 Å². The third-order valence-corrected chi connectivity index (χ3v) is 3.03. The molecule has 0 aromatic heterocycles. The van der Waals surface area contributed by atoms with Gasteiger partial charge in [0.2, 0.25) is 0 Å². The molecule has 0 radical (unpaired) electrons. The summed E-state index contributed by atoms with van der Waals surface area (Å²) in [5, 5.41) is 21.5. The fraction of sp³-hybridized carbons (Fsp3) is 0.273. The second-order valence-electron chi connectivity index (χ2n) is 3.79. The lowest BCUT2D eigenvalue weighted by Gasteiger charge is -2.10. The summed E-state index contributed by atoms with van der Waals surface area (Å²) in [6, 6.07) is 3.82. The SMILES string of the molecule is CC(CC#N)NC(=O)c1cc(Cl)c(Cl)c([N+](=O)[O-])c1. The highest BCUT2D eigenvalue weighted by molar-refractivity contribution is 6.43. The predicted octanol–water partition coefficient (Wildman–Crippen LogP) is 2.93. The molecule has 0 aliphatic heterocycles. The molecule has 1 unspecified atom stereocenters. The van der Waals surface area contributed by atoms with E-state index >= 15 is 0 Å². The second-order valence-corrected chi connectivity index (χ2v) is 4.57. The van der Waals surface area contributed by atoms with E-state index in [9.17, 15) is 14.9 Å². The highest BCUT2D eigenvalue weighted by Crippen LogP contribution is 2.33. The number of carbonyl (C=O) groups is 1. The summed E-state index contributed by atoms with van der Waals surface area (Å²) in [6.07, 6.45) is 0.134. The highest BCUT2D eigenvalue weighted by Gasteiger charge is 2.20. The van der Waals surface area contributed by atoms with Crippen LogP contribution in [-0.2, 0) is 0 Å². The van der Waals surface area contributed by atoms with Gasteiger partial charge in [-0.2, -0.15) is 5.26 Å². The van der Waals surface area contributed by atoms with Crippen LogP contribution < -0.4 is 5.32 Å². The van der Waals surface area contributed by atoms with Crippen LogP contribution >= 0.6 is 23.2 Å². The fourth-order valence-corrected chi connectivity index (χ4v) is 1.73. The van der Waals surface area contributed by atoms with Gasteiger partial charge in [0.25, 0.3) is 11.6 Å². The van der Waals surface area contributed by atoms with Crippen molar-refractivity contribution in [2.75, 3.05) is 0 Å². The van der Waals surface area contributed by atoms with Crippen molar-refractivity contribution in [1.29, 1.82) is 5.26 Å². The van der Waals surface area contributed by atoms with E-state index in [1.807, 2.05) is 6.07 Å². The van der Waals surface area contributed by atoms with Gasteiger partial charge in [0.05, 0.1) is 22.4 Å². The van der Waals surface area contributed by atoms with Crippen molar-refractivity contribution in [1.82, 2.24) is 5.32 Å². The van der Waals surface area contributed by atoms with Crippen LogP contribution in [0.25, 0.3) is 0 Å². The van der Waals surface area contributed by atoms with Crippen molar-refractivity contribution >= 4 is 34.8 Å². The van der Waals surface area contributed by atoms with Gasteiger partial charge in [-0.1, -0.05) is 23.2 Å². The average Bonchev–Trinajstić information content (AvgIpc) is 2.32. The number of nitriles is 1. The van der Waals surface area contributed by atoms with Crippen molar-refractivity contribution in [3.8, 4) is 6.07 Å². The number of hydrogen-bond acceptors (Lipinski definition) is 4. The van der Waals surface area contributed by atoms with Gasteiger partial charge in [-0.3, -0.25) is 14.9 Å². The van der Waals surface area contributed by atoms with Gasteiger partial charge in [-0.05, 0) is 13.0 Å². The molecular formula is C11H9Cl2N3O3. The summed E-state index contributed by atoms with van der Waals surface area (Å²) in [7, 11) is 0. The largest absolute Gasteiger partial charge is 0.349 e. The standard InChI is InChI=1S/C11H9Cl2N3O3/c1-6(2-3-14)15-11(17)7-4-8(12)10(13)9(5-7)16(18)19/h4-6H,2H2,1H3,(H,15,17). The normalized spacial score (nSPS) is 11.5. The number of nitro groups is 1. The number of rotatable bonds is 4. The van der Waals surface area contributed by atoms with Gasteiger partial charge in [-0.15, -0.1) is 0 Å². The van der Waals surface area contributed by atoms with E-state index in [0.29, 0.717) is 0 Å². The molecule has 6 nitrogen and oxygen atoms in total. The molecule has 1 atom stereocenters. The number of amides is 1. The van der Waals surface area contributed by atoms with Crippen LogP contribution in [0.1, 0.15) is 23.7 Å². The lowest BCUT2D eigenvalue weighted by molar-refractivity contribution is -0.384. The molecule has 1 aromatic rings. The second kappa shape index (κ2) is 6.36. The lowest BCUT2D eigenvalue weighted by atomic mass is 10.1. The third-order valence-electron chi connectivity index (χ3n) is 2.24. The van der Waals surface area contributed by atoms with Crippen LogP contribution in [0.3, 0.4) is 0 Å². The van der Waals surface area contributed by atoms with Crippen molar-refractivity contribution in [3.05, 3.63) is 37.9 Å². The first-order chi connectivity index (χ1) is 8.86. The monoisotopic (exact) mass is 301 g/mol. The Morgan fingerprint density at radius 3 is 2.74 bits per heavy atom. The molecule has 100 valence electrons. The maximum atomic E-state index is 11.8. The zero-order valence-electron chi connectivity index (χ0n) is 9.81. The fourth-order valence-electron chi connectivity index (χ4n) is 1.33. The van der Waals surface area contributed by atoms with Crippen molar-refractivity contribution < 1.29 is 9.72 Å². The van der Waals surface area contributed by atoms with Crippen molar-refractivity contribution in [3.63, 3.8) is 0 Å². The van der Waals surface area contributed by atoms with Gasteiger partial charge in [-0.25, -0.2) is 0 Å². The number of nitrogens with one attached hydrogen (secondary N) is 1. The zero-order chi connectivity index (χ0) is 14.6. The first kappa shape index (κ1) is 15.2. The quantitative estimate of drug-likeness (QED) is 0.683. The van der Waals surface area contributed by atoms with E-state index in [-0.39, 0.29) is 28.1 Å². The first-order valence-electron chi connectivity index (χ1n) is 5.18. The molecule has 0 aliphatic rings. The number of hydrogen-bond donors (Lipinski definition) is 1. The van der Waals surface area contributed by atoms with Crippen LogP contribution in [0.4, 0.5) is 5.69 Å². The molecule has 8 heteroatoms. The summed E-state index contributed by atoms with van der Waals surface area (Å²) in [5.41, 5.74) is -0.418. The maximum absolute atomic E-state index is 11.8. The Morgan fingerprint density at radius 2 is 2.21 bits per heavy atom. The molecular weight excluding hydrogens is 293 g/mol. The molecule has 1 rings (SSSR count). The minimum atomic E-state index is -0.719. The van der Waals surface area contributed by atoms with Crippen LogP contribution in [-0.4, -0.2) is 16.9 Å². The van der Waals surface area contributed by atoms with E-state index < -0.39 is 16.5 Å². The zero-order valence-corrected chi connectivity index (χ0v) is 11.3. The summed E-state index contributed by atoms with van der Waals surface area (Å²) in [4.78, 5) is 21.9. The molecule has 0 aliphatic carbocycles. The van der Waals surface area contributed by atoms with Crippen LogP contribution in [0.5, 0.6) is 0 Å². The molecule has 0 bridgehead atoms. The molecule has 1 N–H and O–H groups in total. The average molecular weight is 302 g/mol. The smallest absolute Gasteiger partial charge is 0.290 e. The molecule has 0 saturated heterocycles. The van der Waals surface area contributed by atoms with Gasteiger partial charge in [0.1, 0.15) is 5.02 Å². The number of nitro benzene ring substituents is 1. The van der Waals surface area contributed by atoms with Crippen LogP contribution in [0, 0.1) is 21.4 Å². The van der Waals surface area contributed by atoms with E-state index in [1.54, 1.807) is 6.92 Å².